The van der Waals surface area contributed by atoms with Crippen molar-refractivity contribution in [2.45, 2.75) is 19.1 Å². The Bertz CT molecular complexity index is 461. The first kappa shape index (κ1) is 14.9. The number of halogens is 2. The number of nitrogens with zero attached hydrogens (tertiary/aromatic N) is 2. The Morgan fingerprint density at radius 2 is 1.85 bits per heavy atom. The van der Waals surface area contributed by atoms with E-state index in [1.807, 2.05) is 6.92 Å². The van der Waals surface area contributed by atoms with Crippen molar-refractivity contribution in [3.05, 3.63) is 17.7 Å². The maximum atomic E-state index is 13.9. The van der Waals surface area contributed by atoms with Crippen LogP contribution >= 0.6 is 0 Å². The van der Waals surface area contributed by atoms with Crippen LogP contribution < -0.4 is 10.2 Å². The molecule has 0 radical (unpaired) electrons. The van der Waals surface area contributed by atoms with E-state index in [2.05, 4.69) is 10.3 Å². The lowest BCUT2D eigenvalue weighted by atomic mass is 10.3. The quantitative estimate of drug-likeness (QED) is 0.892. The fourth-order valence-corrected chi connectivity index (χ4v) is 2.34. The second kappa shape index (κ2) is 6.32. The lowest BCUT2D eigenvalue weighted by Crippen LogP contribution is -2.27. The number of hydrogen-bond acceptors (Lipinski definition) is 5. The van der Waals surface area contributed by atoms with E-state index in [9.17, 15) is 8.78 Å². The molecule has 5 nitrogen and oxygen atoms in total. The molecular formula is C13H19F2N3O2. The summed E-state index contributed by atoms with van der Waals surface area (Å²) in [5, 5.41) is 2.78. The van der Waals surface area contributed by atoms with Crippen molar-refractivity contribution in [2.24, 2.45) is 0 Å². The lowest BCUT2D eigenvalue weighted by Gasteiger charge is -2.18. The minimum Gasteiger partial charge on any atom is -0.377 e. The summed E-state index contributed by atoms with van der Waals surface area (Å²) in [4.78, 5) is 5.74. The van der Waals surface area contributed by atoms with Gasteiger partial charge in [-0.3, -0.25) is 0 Å². The zero-order valence-electron chi connectivity index (χ0n) is 11.8. The molecule has 0 amide bonds. The molecule has 2 atom stereocenters. The molecule has 0 spiro atoms. The summed E-state index contributed by atoms with van der Waals surface area (Å²) < 4.78 is 38.1. The van der Waals surface area contributed by atoms with E-state index in [0.717, 1.165) is 6.07 Å². The Morgan fingerprint density at radius 1 is 1.25 bits per heavy atom. The highest BCUT2D eigenvalue weighted by molar-refractivity contribution is 5.50. The van der Waals surface area contributed by atoms with Crippen molar-refractivity contribution in [2.75, 3.05) is 44.1 Å². The molecule has 1 fully saturated rings. The zero-order valence-corrected chi connectivity index (χ0v) is 11.8. The third kappa shape index (κ3) is 2.83. The summed E-state index contributed by atoms with van der Waals surface area (Å²) in [7, 11) is 3.16. The van der Waals surface area contributed by atoms with Gasteiger partial charge in [0.15, 0.2) is 23.3 Å². The maximum absolute atomic E-state index is 13.9. The third-order valence-corrected chi connectivity index (χ3v) is 3.38. The molecule has 1 aliphatic heterocycles. The van der Waals surface area contributed by atoms with E-state index in [0.29, 0.717) is 19.6 Å². The summed E-state index contributed by atoms with van der Waals surface area (Å²) in [6, 6.07) is 0.849. The first-order chi connectivity index (χ1) is 9.60. The topological polar surface area (TPSA) is 46.6 Å². The van der Waals surface area contributed by atoms with Gasteiger partial charge < -0.3 is 19.7 Å². The number of nitrogens with one attached hydrogen (secondary N) is 1. The molecular weight excluding hydrogens is 268 g/mol. The van der Waals surface area contributed by atoms with E-state index < -0.39 is 11.6 Å². The van der Waals surface area contributed by atoms with Gasteiger partial charge >= 0.3 is 0 Å². The van der Waals surface area contributed by atoms with Gasteiger partial charge in [0, 0.05) is 39.9 Å². The van der Waals surface area contributed by atoms with Crippen LogP contribution in [0.25, 0.3) is 0 Å². The highest BCUT2D eigenvalue weighted by Crippen LogP contribution is 2.27. The van der Waals surface area contributed by atoms with Crippen LogP contribution in [0.1, 0.15) is 6.92 Å². The third-order valence-electron chi connectivity index (χ3n) is 3.38. The van der Waals surface area contributed by atoms with Crippen LogP contribution in [0, 0.1) is 11.6 Å². The lowest BCUT2D eigenvalue weighted by molar-refractivity contribution is -0.00461. The van der Waals surface area contributed by atoms with Crippen molar-refractivity contribution < 1.29 is 18.3 Å². The first-order valence-corrected chi connectivity index (χ1v) is 6.51. The Kier molecular flexibility index (Phi) is 4.72. The monoisotopic (exact) mass is 287 g/mol. The molecule has 2 heterocycles. The molecule has 1 saturated heterocycles. The van der Waals surface area contributed by atoms with Gasteiger partial charge in [-0.05, 0) is 6.92 Å². The summed E-state index contributed by atoms with van der Waals surface area (Å²) in [6.45, 7) is 3.24. The molecule has 2 rings (SSSR count). The molecule has 0 aromatic carbocycles. The van der Waals surface area contributed by atoms with Crippen molar-refractivity contribution in [1.82, 2.24) is 4.98 Å². The van der Waals surface area contributed by atoms with Crippen LogP contribution in [0.2, 0.25) is 0 Å². The van der Waals surface area contributed by atoms with Crippen LogP contribution in [0.15, 0.2) is 6.07 Å². The molecule has 0 saturated carbocycles. The van der Waals surface area contributed by atoms with E-state index in [-0.39, 0.29) is 23.8 Å². The molecule has 7 heteroatoms. The second-order valence-electron chi connectivity index (χ2n) is 4.61. The van der Waals surface area contributed by atoms with Crippen LogP contribution in [0.4, 0.5) is 20.4 Å². The highest BCUT2D eigenvalue weighted by Gasteiger charge is 2.35. The van der Waals surface area contributed by atoms with Gasteiger partial charge in [-0.15, -0.1) is 0 Å². The number of pyridine rings is 1. The molecule has 20 heavy (non-hydrogen) atoms. The largest absolute Gasteiger partial charge is 0.377 e. The normalized spacial score (nSPS) is 22.4. The van der Waals surface area contributed by atoms with Gasteiger partial charge in [-0.25, -0.2) is 13.8 Å². The molecule has 0 bridgehead atoms. The van der Waals surface area contributed by atoms with Crippen LogP contribution in [0.5, 0.6) is 0 Å². The van der Waals surface area contributed by atoms with Crippen molar-refractivity contribution in [1.29, 1.82) is 0 Å². The number of methoxy groups -OCH3 is 2. The summed E-state index contributed by atoms with van der Waals surface area (Å²) in [5.41, 5.74) is 0. The minimum atomic E-state index is -0.695. The Labute approximate surface area is 116 Å². The highest BCUT2D eigenvalue weighted by atomic mass is 19.1. The first-order valence-electron chi connectivity index (χ1n) is 6.51. The van der Waals surface area contributed by atoms with E-state index in [1.165, 1.54) is 0 Å². The number of aromatic nitrogens is 1. The number of rotatable bonds is 5. The molecule has 2 unspecified atom stereocenters. The van der Waals surface area contributed by atoms with Gasteiger partial charge in [0.25, 0.3) is 0 Å². The van der Waals surface area contributed by atoms with Gasteiger partial charge in [0.05, 0.1) is 0 Å². The fourth-order valence-electron chi connectivity index (χ4n) is 2.34. The minimum absolute atomic E-state index is 0.0544. The number of hydrogen-bond donors (Lipinski definition) is 1. The molecule has 1 aromatic heterocycles. The maximum Gasteiger partial charge on any atom is 0.168 e. The predicted molar refractivity (Wildman–Crippen MR) is 72.1 cm³/mol. The van der Waals surface area contributed by atoms with Crippen molar-refractivity contribution in [3.63, 3.8) is 0 Å². The molecule has 112 valence electrons. The van der Waals surface area contributed by atoms with E-state index in [4.69, 9.17) is 9.47 Å². The van der Waals surface area contributed by atoms with E-state index >= 15 is 0 Å². The van der Waals surface area contributed by atoms with Crippen LogP contribution in [-0.4, -0.2) is 51.0 Å². The molecule has 1 aromatic rings. The Morgan fingerprint density at radius 3 is 2.35 bits per heavy atom. The Balaban J connectivity index is 2.26. The fraction of sp³-hybridized carbons (Fsp3) is 0.615. The predicted octanol–water partition coefficient (Wildman–Crippen LogP) is 1.64. The van der Waals surface area contributed by atoms with Crippen molar-refractivity contribution in [3.8, 4) is 0 Å². The van der Waals surface area contributed by atoms with Gasteiger partial charge in [-0.2, -0.15) is 0 Å². The number of ether oxygens (including phenoxy) is 2. The Hall–Kier alpha value is -1.47. The standard InChI is InChI=1S/C13H19F2N3O2/c1-4-16-12-8(14)5-9(15)13(17-12)18-6-10(19-2)11(7-18)20-3/h5,10-11H,4,6-7H2,1-3H3,(H,16,17). The zero-order chi connectivity index (χ0) is 14.7. The van der Waals surface area contributed by atoms with Gasteiger partial charge in [0.2, 0.25) is 0 Å². The van der Waals surface area contributed by atoms with Crippen LogP contribution in [-0.2, 0) is 9.47 Å². The smallest absolute Gasteiger partial charge is 0.168 e. The summed E-state index contributed by atoms with van der Waals surface area (Å²) in [5.74, 6) is -1.21. The summed E-state index contributed by atoms with van der Waals surface area (Å²) in [6.07, 6.45) is -0.317. The van der Waals surface area contributed by atoms with Crippen LogP contribution in [0.3, 0.4) is 0 Å². The summed E-state index contributed by atoms with van der Waals surface area (Å²) >= 11 is 0. The molecule has 0 aliphatic carbocycles. The average Bonchev–Trinajstić information content (AvgIpc) is 2.85. The molecule has 1 aliphatic rings. The van der Waals surface area contributed by atoms with Gasteiger partial charge in [-0.1, -0.05) is 0 Å². The molecule has 1 N–H and O–H groups in total. The van der Waals surface area contributed by atoms with E-state index in [1.54, 1.807) is 19.1 Å². The SMILES string of the molecule is CCNc1nc(N2CC(OC)C(OC)C2)c(F)cc1F. The average molecular weight is 287 g/mol. The van der Waals surface area contributed by atoms with Gasteiger partial charge in [0.1, 0.15) is 12.2 Å². The second-order valence-corrected chi connectivity index (χ2v) is 4.61. The van der Waals surface area contributed by atoms with Crippen molar-refractivity contribution >= 4 is 11.6 Å². The number of anilines is 2.